The maximum atomic E-state index is 11.3. The van der Waals surface area contributed by atoms with E-state index in [1.165, 1.54) is 0 Å². The fourth-order valence-corrected chi connectivity index (χ4v) is 5.47. The number of carbonyl (C=O) groups is 1. The molecule has 0 bridgehead atoms. The Kier molecular flexibility index (Phi) is 4.83. The van der Waals surface area contributed by atoms with Gasteiger partial charge in [-0.1, -0.05) is 36.9 Å². The van der Waals surface area contributed by atoms with Crippen molar-refractivity contribution < 1.29 is 14.3 Å². The maximum Gasteiger partial charge on any atom is 0.335 e. The molecule has 3 aromatic rings. The fraction of sp³-hybridized carbons (Fsp3) is 0.261. The number of nitrogens with zero attached hydrogens (tertiary/aromatic N) is 3. The molecule has 2 aliphatic heterocycles. The lowest BCUT2D eigenvalue weighted by Gasteiger charge is -2.30. The van der Waals surface area contributed by atoms with Crippen LogP contribution in [0.2, 0.25) is 0 Å². The zero-order valence-electron chi connectivity index (χ0n) is 16.4. The van der Waals surface area contributed by atoms with Crippen LogP contribution in [0, 0.1) is 0 Å². The summed E-state index contributed by atoms with van der Waals surface area (Å²) in [6.07, 6.45) is 2.83. The quantitative estimate of drug-likeness (QED) is 0.626. The third kappa shape index (κ3) is 3.19. The molecular formula is C23H21N3O3S. The molecule has 4 heterocycles. The van der Waals surface area contributed by atoms with Crippen molar-refractivity contribution in [3.05, 3.63) is 77.8 Å². The van der Waals surface area contributed by atoms with Crippen LogP contribution in [0.4, 0.5) is 0 Å². The number of furan rings is 1. The van der Waals surface area contributed by atoms with E-state index in [-0.39, 0.29) is 17.6 Å². The van der Waals surface area contributed by atoms with E-state index >= 15 is 0 Å². The van der Waals surface area contributed by atoms with E-state index in [1.54, 1.807) is 36.2 Å². The van der Waals surface area contributed by atoms with Gasteiger partial charge in [-0.3, -0.25) is 4.98 Å². The van der Waals surface area contributed by atoms with E-state index < -0.39 is 5.97 Å². The number of rotatable bonds is 5. The second-order valence-corrected chi connectivity index (χ2v) is 8.41. The molecule has 5 rings (SSSR count). The molecule has 1 saturated heterocycles. The number of pyridine rings is 1. The van der Waals surface area contributed by atoms with Gasteiger partial charge in [0.15, 0.2) is 5.17 Å². The van der Waals surface area contributed by atoms with Gasteiger partial charge in [-0.25, -0.2) is 9.79 Å². The Morgan fingerprint density at radius 3 is 2.90 bits per heavy atom. The van der Waals surface area contributed by atoms with Crippen LogP contribution in [0.1, 0.15) is 47.2 Å². The van der Waals surface area contributed by atoms with Gasteiger partial charge in [-0.05, 0) is 42.8 Å². The van der Waals surface area contributed by atoms with Crippen LogP contribution in [-0.2, 0) is 0 Å². The maximum absolute atomic E-state index is 11.3. The molecule has 1 fully saturated rings. The summed E-state index contributed by atoms with van der Waals surface area (Å²) in [5.41, 5.74) is 1.91. The molecule has 0 spiro atoms. The van der Waals surface area contributed by atoms with Gasteiger partial charge in [0.1, 0.15) is 23.6 Å². The molecule has 1 aromatic carbocycles. The second-order valence-electron chi connectivity index (χ2n) is 7.42. The molecule has 2 aliphatic rings. The molecule has 0 aliphatic carbocycles. The molecule has 7 heteroatoms. The second kappa shape index (κ2) is 7.65. The number of hydrogen-bond acceptors (Lipinski definition) is 6. The van der Waals surface area contributed by atoms with Gasteiger partial charge < -0.3 is 14.4 Å². The minimum absolute atomic E-state index is 0.0637. The Hall–Kier alpha value is -3.06. The molecule has 6 nitrogen and oxygen atoms in total. The highest BCUT2D eigenvalue weighted by Crippen LogP contribution is 2.49. The van der Waals surface area contributed by atoms with Crippen LogP contribution in [0.3, 0.4) is 0 Å². The van der Waals surface area contributed by atoms with E-state index in [0.717, 1.165) is 34.4 Å². The highest BCUT2D eigenvalue weighted by atomic mass is 32.2. The van der Waals surface area contributed by atoms with Crippen molar-refractivity contribution in [1.29, 1.82) is 0 Å². The summed E-state index contributed by atoms with van der Waals surface area (Å²) >= 11 is 1.79. The number of thioether (sulfide) groups is 1. The lowest BCUT2D eigenvalue weighted by atomic mass is 10.0. The molecule has 0 radical (unpaired) electrons. The molecule has 3 unspecified atom stereocenters. The first-order valence-corrected chi connectivity index (χ1v) is 11.0. The minimum atomic E-state index is -0.951. The summed E-state index contributed by atoms with van der Waals surface area (Å²) in [6.45, 7) is 2.20. The van der Waals surface area contributed by atoms with E-state index in [4.69, 9.17) is 9.41 Å². The van der Waals surface area contributed by atoms with Crippen molar-refractivity contribution >= 4 is 22.9 Å². The molecule has 0 amide bonds. The van der Waals surface area contributed by atoms with Crippen molar-refractivity contribution in [2.45, 2.75) is 31.5 Å². The molecule has 152 valence electrons. The Balaban J connectivity index is 1.54. The van der Waals surface area contributed by atoms with Gasteiger partial charge in [-0.2, -0.15) is 0 Å². The number of amidine groups is 1. The lowest BCUT2D eigenvalue weighted by Crippen LogP contribution is -2.35. The highest BCUT2D eigenvalue weighted by Gasteiger charge is 2.46. The van der Waals surface area contributed by atoms with Crippen molar-refractivity contribution in [2.75, 3.05) is 5.75 Å². The van der Waals surface area contributed by atoms with Crippen molar-refractivity contribution in [3.8, 4) is 11.3 Å². The van der Waals surface area contributed by atoms with Gasteiger partial charge in [0.2, 0.25) is 0 Å². The van der Waals surface area contributed by atoms with E-state index in [2.05, 4.69) is 16.8 Å². The Labute approximate surface area is 178 Å². The predicted octanol–water partition coefficient (Wildman–Crippen LogP) is 5.02. The SMILES string of the molecule is CCC1CSC2=NC(c3ccccn3)C(c3ccc(-c4cccc(C(=O)O)c4)o3)N21. The number of carboxylic acids is 1. The molecule has 1 N–H and O–H groups in total. The van der Waals surface area contributed by atoms with Crippen LogP contribution in [0.5, 0.6) is 0 Å². The number of aromatic carboxylic acids is 1. The summed E-state index contributed by atoms with van der Waals surface area (Å²) in [4.78, 5) is 23.3. The van der Waals surface area contributed by atoms with Crippen LogP contribution in [0.25, 0.3) is 11.3 Å². The molecule has 0 saturated carbocycles. The lowest BCUT2D eigenvalue weighted by molar-refractivity contribution is 0.0697. The average molecular weight is 420 g/mol. The molecule has 3 atom stereocenters. The van der Waals surface area contributed by atoms with Gasteiger partial charge in [0, 0.05) is 23.6 Å². The number of benzene rings is 1. The number of fused-ring (bicyclic) bond motifs is 1. The number of aromatic nitrogens is 1. The van der Waals surface area contributed by atoms with E-state index in [0.29, 0.717) is 11.8 Å². The molecular weight excluding hydrogens is 398 g/mol. The third-order valence-corrected chi connectivity index (χ3v) is 6.77. The topological polar surface area (TPSA) is 78.9 Å². The summed E-state index contributed by atoms with van der Waals surface area (Å²) < 4.78 is 6.30. The minimum Gasteiger partial charge on any atom is -0.478 e. The first kappa shape index (κ1) is 18.9. The number of aliphatic imine (C=N–C) groups is 1. The van der Waals surface area contributed by atoms with Crippen LogP contribution < -0.4 is 0 Å². The van der Waals surface area contributed by atoms with Crippen LogP contribution in [0.15, 0.2) is 70.2 Å². The standard InChI is InChI=1S/C23H21N3O3S/c1-2-16-13-30-23-25-20(17-8-3-4-11-24-17)21(26(16)23)19-10-9-18(29-19)14-6-5-7-15(12-14)22(27)28/h3-12,16,20-21H,2,13H2,1H3,(H,27,28). The Morgan fingerprint density at radius 1 is 1.23 bits per heavy atom. The normalized spacial score (nSPS) is 22.8. The van der Waals surface area contributed by atoms with Crippen molar-refractivity contribution in [2.24, 2.45) is 4.99 Å². The van der Waals surface area contributed by atoms with Gasteiger partial charge in [0.25, 0.3) is 0 Å². The predicted molar refractivity (Wildman–Crippen MR) is 117 cm³/mol. The highest BCUT2D eigenvalue weighted by molar-refractivity contribution is 8.14. The first-order chi connectivity index (χ1) is 14.7. The summed E-state index contributed by atoms with van der Waals surface area (Å²) in [5.74, 6) is 1.55. The Morgan fingerprint density at radius 2 is 2.13 bits per heavy atom. The molecule has 30 heavy (non-hydrogen) atoms. The first-order valence-electron chi connectivity index (χ1n) is 9.99. The van der Waals surface area contributed by atoms with Crippen LogP contribution in [-0.4, -0.2) is 37.9 Å². The Bertz CT molecular complexity index is 1110. The summed E-state index contributed by atoms with van der Waals surface area (Å²) in [6, 6.07) is 16.8. The zero-order valence-corrected chi connectivity index (χ0v) is 17.2. The number of carboxylic acid groups (broad SMARTS) is 1. The monoisotopic (exact) mass is 419 g/mol. The summed E-state index contributed by atoms with van der Waals surface area (Å²) in [5, 5.41) is 10.3. The van der Waals surface area contributed by atoms with Gasteiger partial charge in [0.05, 0.1) is 11.3 Å². The fourth-order valence-electron chi connectivity index (χ4n) is 4.13. The largest absolute Gasteiger partial charge is 0.478 e. The van der Waals surface area contributed by atoms with Crippen molar-refractivity contribution in [3.63, 3.8) is 0 Å². The number of hydrogen-bond donors (Lipinski definition) is 1. The smallest absolute Gasteiger partial charge is 0.335 e. The van der Waals surface area contributed by atoms with E-state index in [9.17, 15) is 9.90 Å². The summed E-state index contributed by atoms with van der Waals surface area (Å²) in [7, 11) is 0. The van der Waals surface area contributed by atoms with Crippen molar-refractivity contribution in [1.82, 2.24) is 9.88 Å². The zero-order chi connectivity index (χ0) is 20.7. The molecule has 2 aromatic heterocycles. The van der Waals surface area contributed by atoms with Gasteiger partial charge >= 0.3 is 5.97 Å². The van der Waals surface area contributed by atoms with Gasteiger partial charge in [-0.15, -0.1) is 0 Å². The third-order valence-electron chi connectivity index (χ3n) is 5.64. The van der Waals surface area contributed by atoms with E-state index in [1.807, 2.05) is 36.4 Å². The average Bonchev–Trinajstić information content (AvgIpc) is 3.49. The van der Waals surface area contributed by atoms with Crippen LogP contribution >= 0.6 is 11.8 Å².